The summed E-state index contributed by atoms with van der Waals surface area (Å²) in [5, 5.41) is 4.15. The summed E-state index contributed by atoms with van der Waals surface area (Å²) >= 11 is 0. The lowest BCUT2D eigenvalue weighted by Crippen LogP contribution is -2.30. The van der Waals surface area contributed by atoms with Crippen molar-refractivity contribution in [2.45, 2.75) is 31.7 Å². The van der Waals surface area contributed by atoms with Gasteiger partial charge in [-0.05, 0) is 53.8 Å². The van der Waals surface area contributed by atoms with Crippen LogP contribution >= 0.6 is 0 Å². The quantitative estimate of drug-likeness (QED) is 0.402. The van der Waals surface area contributed by atoms with Crippen molar-refractivity contribution in [3.05, 3.63) is 78.2 Å². The third kappa shape index (κ3) is 3.85. The van der Waals surface area contributed by atoms with Crippen molar-refractivity contribution < 1.29 is 9.53 Å². The fourth-order valence-electron chi connectivity index (χ4n) is 4.41. The van der Waals surface area contributed by atoms with E-state index < -0.39 is 0 Å². The van der Waals surface area contributed by atoms with Gasteiger partial charge in [0.15, 0.2) is 0 Å². The van der Waals surface area contributed by atoms with Gasteiger partial charge in [-0.2, -0.15) is 0 Å². The van der Waals surface area contributed by atoms with E-state index in [1.807, 2.05) is 49.6 Å². The molecule has 3 heterocycles. The number of para-hydroxylation sites is 1. The lowest BCUT2D eigenvalue weighted by Gasteiger charge is -2.14. The maximum Gasteiger partial charge on any atom is 0.231 e. The highest BCUT2D eigenvalue weighted by Gasteiger charge is 2.29. The van der Waals surface area contributed by atoms with E-state index in [4.69, 9.17) is 10.5 Å². The molecule has 2 aromatic carbocycles. The largest absolute Gasteiger partial charge is 0.490 e. The van der Waals surface area contributed by atoms with Gasteiger partial charge in [0, 0.05) is 40.6 Å². The first-order valence-corrected chi connectivity index (χ1v) is 11.0. The molecule has 6 heteroatoms. The van der Waals surface area contributed by atoms with Crippen molar-refractivity contribution in [2.75, 3.05) is 11.9 Å². The van der Waals surface area contributed by atoms with Crippen LogP contribution in [-0.4, -0.2) is 28.5 Å². The molecule has 0 fully saturated rings. The zero-order valence-corrected chi connectivity index (χ0v) is 18.0. The minimum atomic E-state index is -0.139. The first-order valence-electron chi connectivity index (χ1n) is 11.0. The molecule has 2 unspecified atom stereocenters. The van der Waals surface area contributed by atoms with E-state index in [1.165, 1.54) is 10.9 Å². The number of aromatic amines is 1. The van der Waals surface area contributed by atoms with E-state index in [9.17, 15) is 4.79 Å². The van der Waals surface area contributed by atoms with Crippen molar-refractivity contribution in [1.29, 1.82) is 0 Å². The number of H-pyrrole nitrogens is 1. The number of amides is 1. The molecule has 1 aliphatic rings. The fourth-order valence-corrected chi connectivity index (χ4v) is 4.41. The number of pyridine rings is 1. The zero-order valence-electron chi connectivity index (χ0n) is 18.0. The molecule has 0 saturated carbocycles. The van der Waals surface area contributed by atoms with Gasteiger partial charge in [-0.3, -0.25) is 9.78 Å². The molecule has 162 valence electrons. The summed E-state index contributed by atoms with van der Waals surface area (Å²) in [5.74, 6) is 0.650. The Balaban J connectivity index is 1.28. The third-order valence-electron chi connectivity index (χ3n) is 6.08. The summed E-state index contributed by atoms with van der Waals surface area (Å²) in [6.45, 7) is 2.42. The monoisotopic (exact) mass is 426 g/mol. The number of hydrogen-bond donors (Lipinski definition) is 3. The van der Waals surface area contributed by atoms with Crippen LogP contribution in [0.3, 0.4) is 0 Å². The highest BCUT2D eigenvalue weighted by molar-refractivity contribution is 6.03. The molecule has 1 amide bonds. The van der Waals surface area contributed by atoms with E-state index in [2.05, 4.69) is 33.5 Å². The smallest absolute Gasteiger partial charge is 0.231 e. The molecule has 5 rings (SSSR count). The summed E-state index contributed by atoms with van der Waals surface area (Å²) < 4.78 is 5.98. The number of ether oxygens (including phenoxy) is 1. The second kappa shape index (κ2) is 8.48. The third-order valence-corrected chi connectivity index (χ3v) is 6.08. The predicted molar refractivity (Wildman–Crippen MR) is 127 cm³/mol. The number of nitrogens with zero attached hydrogens (tertiary/aromatic N) is 1. The van der Waals surface area contributed by atoms with Crippen molar-refractivity contribution in [2.24, 2.45) is 5.73 Å². The minimum Gasteiger partial charge on any atom is -0.490 e. The van der Waals surface area contributed by atoms with Crippen LogP contribution < -0.4 is 15.8 Å². The van der Waals surface area contributed by atoms with Gasteiger partial charge in [0.2, 0.25) is 5.91 Å². The number of fused-ring (bicyclic) bond motifs is 2. The Labute approximate surface area is 186 Å². The van der Waals surface area contributed by atoms with Gasteiger partial charge in [-0.15, -0.1) is 0 Å². The molecule has 0 spiro atoms. The van der Waals surface area contributed by atoms with Crippen LogP contribution in [0, 0.1) is 0 Å². The molecule has 0 saturated heterocycles. The van der Waals surface area contributed by atoms with Crippen LogP contribution in [0.15, 0.2) is 67.1 Å². The van der Waals surface area contributed by atoms with Gasteiger partial charge in [0.05, 0.1) is 12.1 Å². The van der Waals surface area contributed by atoms with Crippen LogP contribution in [0.2, 0.25) is 0 Å². The number of nitrogens with two attached hydrogens (primary N) is 1. The van der Waals surface area contributed by atoms with Gasteiger partial charge in [-0.25, -0.2) is 0 Å². The van der Waals surface area contributed by atoms with Crippen LogP contribution in [0.1, 0.15) is 30.4 Å². The molecule has 0 radical (unpaired) electrons. The highest BCUT2D eigenvalue weighted by Crippen LogP contribution is 2.37. The number of carbonyl (C=O) groups excluding carboxylic acids is 1. The summed E-state index contributed by atoms with van der Waals surface area (Å²) in [4.78, 5) is 19.8. The van der Waals surface area contributed by atoms with Gasteiger partial charge in [-0.1, -0.05) is 31.2 Å². The molecule has 4 N–H and O–H groups in total. The van der Waals surface area contributed by atoms with Gasteiger partial charge >= 0.3 is 0 Å². The molecular formula is C26H26N4O2. The Morgan fingerprint density at radius 1 is 1.12 bits per heavy atom. The Kier molecular flexibility index (Phi) is 5.37. The molecule has 0 aliphatic carbocycles. The Morgan fingerprint density at radius 3 is 2.88 bits per heavy atom. The van der Waals surface area contributed by atoms with E-state index >= 15 is 0 Å². The van der Waals surface area contributed by atoms with Gasteiger partial charge in [0.1, 0.15) is 12.4 Å². The summed E-state index contributed by atoms with van der Waals surface area (Å²) in [7, 11) is 0. The number of anilines is 1. The van der Waals surface area contributed by atoms with Gasteiger partial charge < -0.3 is 20.8 Å². The lowest BCUT2D eigenvalue weighted by atomic mass is 9.95. The SMILES string of the molecule is CCC1C(=O)Nc2ccc(-c3cncc(OCC(N)Cc4c[nH]c5ccccc45)c3)cc21. The van der Waals surface area contributed by atoms with E-state index in [-0.39, 0.29) is 17.9 Å². The van der Waals surface area contributed by atoms with E-state index in [1.54, 1.807) is 6.20 Å². The number of benzene rings is 2. The van der Waals surface area contributed by atoms with Crippen LogP contribution in [-0.2, 0) is 11.2 Å². The molecular weight excluding hydrogens is 400 g/mol. The maximum absolute atomic E-state index is 12.1. The number of nitrogens with one attached hydrogen (secondary N) is 2. The number of rotatable bonds is 7. The Bertz CT molecular complexity index is 1280. The highest BCUT2D eigenvalue weighted by atomic mass is 16.5. The minimum absolute atomic E-state index is 0.0686. The average molecular weight is 427 g/mol. The summed E-state index contributed by atoms with van der Waals surface area (Å²) in [6.07, 6.45) is 7.03. The van der Waals surface area contributed by atoms with Crippen molar-refractivity contribution in [3.63, 3.8) is 0 Å². The molecule has 2 atom stereocenters. The average Bonchev–Trinajstić information content (AvgIpc) is 3.37. The number of carbonyl (C=O) groups is 1. The lowest BCUT2D eigenvalue weighted by molar-refractivity contribution is -0.117. The van der Waals surface area contributed by atoms with Crippen LogP contribution in [0.5, 0.6) is 5.75 Å². The Morgan fingerprint density at radius 2 is 2.00 bits per heavy atom. The van der Waals surface area contributed by atoms with Gasteiger partial charge in [0.25, 0.3) is 0 Å². The normalized spacial score (nSPS) is 16.1. The maximum atomic E-state index is 12.1. The predicted octanol–water partition coefficient (Wildman–Crippen LogP) is 4.62. The molecule has 2 aromatic heterocycles. The van der Waals surface area contributed by atoms with E-state index in [0.29, 0.717) is 12.4 Å². The zero-order chi connectivity index (χ0) is 22.1. The number of hydrogen-bond acceptors (Lipinski definition) is 4. The molecule has 32 heavy (non-hydrogen) atoms. The summed E-state index contributed by atoms with van der Waals surface area (Å²) in [5.41, 5.74) is 12.6. The van der Waals surface area contributed by atoms with Crippen molar-refractivity contribution in [3.8, 4) is 16.9 Å². The van der Waals surface area contributed by atoms with Crippen molar-refractivity contribution in [1.82, 2.24) is 9.97 Å². The second-order valence-electron chi connectivity index (χ2n) is 8.30. The first kappa shape index (κ1) is 20.3. The van der Waals surface area contributed by atoms with E-state index in [0.717, 1.165) is 40.7 Å². The molecule has 6 nitrogen and oxygen atoms in total. The van der Waals surface area contributed by atoms with Crippen molar-refractivity contribution >= 4 is 22.5 Å². The van der Waals surface area contributed by atoms with Crippen LogP contribution in [0.4, 0.5) is 5.69 Å². The molecule has 4 aromatic rings. The standard InChI is InChI=1S/C26H26N4O2/c1-2-21-23-11-16(7-8-25(23)30-26(21)31)17-10-20(14-28-12-17)32-15-19(27)9-18-13-29-24-6-4-3-5-22(18)24/h3-8,10-14,19,21,29H,2,9,15,27H2,1H3,(H,30,31). The number of aromatic nitrogens is 2. The topological polar surface area (TPSA) is 93.0 Å². The second-order valence-corrected chi connectivity index (χ2v) is 8.30. The fraction of sp³-hybridized carbons (Fsp3) is 0.231. The first-order chi connectivity index (χ1) is 15.6. The van der Waals surface area contributed by atoms with Crippen LogP contribution in [0.25, 0.3) is 22.0 Å². The summed E-state index contributed by atoms with van der Waals surface area (Å²) in [6, 6.07) is 16.1. The molecule has 1 aliphatic heterocycles. The molecule has 0 bridgehead atoms. The Hall–Kier alpha value is -3.64.